The summed E-state index contributed by atoms with van der Waals surface area (Å²) in [7, 11) is 0. The van der Waals surface area contributed by atoms with E-state index in [0.717, 1.165) is 38.9 Å². The summed E-state index contributed by atoms with van der Waals surface area (Å²) >= 11 is 0. The highest BCUT2D eigenvalue weighted by molar-refractivity contribution is 5.79. The van der Waals surface area contributed by atoms with Crippen molar-refractivity contribution in [3.63, 3.8) is 0 Å². The molecule has 0 bridgehead atoms. The molecule has 0 radical (unpaired) electrons. The third-order valence-corrected chi connectivity index (χ3v) is 5.17. The van der Waals surface area contributed by atoms with Gasteiger partial charge in [-0.1, -0.05) is 25.1 Å². The van der Waals surface area contributed by atoms with Crippen LogP contribution in [0.2, 0.25) is 0 Å². The van der Waals surface area contributed by atoms with Gasteiger partial charge in [-0.25, -0.2) is 4.79 Å². The molecule has 0 spiro atoms. The zero-order chi connectivity index (χ0) is 17.0. The third kappa shape index (κ3) is 3.73. The number of likely N-dealkylation sites (tertiary alicyclic amines) is 1. The maximum absolute atomic E-state index is 12.2. The molecule has 0 aliphatic carbocycles. The Morgan fingerprint density at radius 3 is 2.75 bits per heavy atom. The van der Waals surface area contributed by atoms with Gasteiger partial charge in [0.25, 0.3) is 0 Å². The van der Waals surface area contributed by atoms with Gasteiger partial charge < -0.3 is 19.9 Å². The van der Waals surface area contributed by atoms with Crippen molar-refractivity contribution in [2.45, 2.75) is 32.7 Å². The summed E-state index contributed by atoms with van der Waals surface area (Å²) in [6, 6.07) is 10.5. The predicted molar refractivity (Wildman–Crippen MR) is 96.0 cm³/mol. The van der Waals surface area contributed by atoms with E-state index >= 15 is 0 Å². The zero-order valence-corrected chi connectivity index (χ0v) is 14.4. The molecule has 1 aromatic carbocycles. The number of aryl methyl sites for hydroxylation is 1. The Kier molecular flexibility index (Phi) is 5.09. The van der Waals surface area contributed by atoms with Crippen molar-refractivity contribution < 1.29 is 9.90 Å². The highest BCUT2D eigenvalue weighted by Gasteiger charge is 2.31. The average Bonchev–Trinajstić information content (AvgIpc) is 3.02. The van der Waals surface area contributed by atoms with Crippen LogP contribution in [-0.4, -0.2) is 46.8 Å². The molecule has 2 heterocycles. The monoisotopic (exact) mass is 329 g/mol. The largest absolute Gasteiger partial charge is 0.396 e. The first-order valence-electron chi connectivity index (χ1n) is 8.79. The van der Waals surface area contributed by atoms with Crippen LogP contribution in [0.1, 0.15) is 26.2 Å². The molecule has 5 nitrogen and oxygen atoms in total. The molecule has 130 valence electrons. The highest BCUT2D eigenvalue weighted by Crippen LogP contribution is 2.29. The first-order valence-corrected chi connectivity index (χ1v) is 8.79. The van der Waals surface area contributed by atoms with Crippen molar-refractivity contribution in [3.8, 4) is 0 Å². The molecule has 3 rings (SSSR count). The first kappa shape index (κ1) is 16.8. The number of benzene rings is 1. The highest BCUT2D eigenvalue weighted by atomic mass is 16.3. The summed E-state index contributed by atoms with van der Waals surface area (Å²) in [5, 5.41) is 13.7. The Bertz CT molecular complexity index is 687. The van der Waals surface area contributed by atoms with E-state index in [0.29, 0.717) is 6.54 Å². The van der Waals surface area contributed by atoms with Gasteiger partial charge in [-0.05, 0) is 42.2 Å². The number of fused-ring (bicyclic) bond motifs is 1. The molecule has 2 aromatic rings. The van der Waals surface area contributed by atoms with Crippen molar-refractivity contribution in [1.82, 2.24) is 14.8 Å². The number of urea groups is 1. The molecule has 0 unspecified atom stereocenters. The van der Waals surface area contributed by atoms with Gasteiger partial charge in [-0.3, -0.25) is 0 Å². The fourth-order valence-electron chi connectivity index (χ4n) is 3.30. The summed E-state index contributed by atoms with van der Waals surface area (Å²) in [5.74, 6) is 0. The number of nitrogens with one attached hydrogen (secondary N) is 1. The van der Waals surface area contributed by atoms with Crippen LogP contribution in [0.4, 0.5) is 4.79 Å². The topological polar surface area (TPSA) is 57.5 Å². The molecule has 1 saturated heterocycles. The smallest absolute Gasteiger partial charge is 0.317 e. The van der Waals surface area contributed by atoms with Crippen LogP contribution >= 0.6 is 0 Å². The van der Waals surface area contributed by atoms with Crippen LogP contribution in [0.25, 0.3) is 10.9 Å². The maximum atomic E-state index is 12.2. The fraction of sp³-hybridized carbons (Fsp3) is 0.526. The van der Waals surface area contributed by atoms with E-state index in [1.807, 2.05) is 11.0 Å². The van der Waals surface area contributed by atoms with Gasteiger partial charge in [0.2, 0.25) is 0 Å². The molecule has 1 fully saturated rings. The Hall–Kier alpha value is -2.01. The van der Waals surface area contributed by atoms with E-state index in [2.05, 4.69) is 47.3 Å². The maximum Gasteiger partial charge on any atom is 0.317 e. The van der Waals surface area contributed by atoms with Gasteiger partial charge in [0.1, 0.15) is 0 Å². The number of nitrogens with zero attached hydrogens (tertiary/aromatic N) is 2. The number of amides is 2. The van der Waals surface area contributed by atoms with Crippen LogP contribution in [0.15, 0.2) is 36.5 Å². The van der Waals surface area contributed by atoms with E-state index in [-0.39, 0.29) is 18.1 Å². The minimum atomic E-state index is -0.0216. The minimum absolute atomic E-state index is 0.0207. The molecule has 5 heteroatoms. The van der Waals surface area contributed by atoms with E-state index in [1.165, 1.54) is 10.9 Å². The van der Waals surface area contributed by atoms with E-state index in [9.17, 15) is 9.90 Å². The van der Waals surface area contributed by atoms with Crippen molar-refractivity contribution in [1.29, 1.82) is 0 Å². The number of aromatic nitrogens is 1. The summed E-state index contributed by atoms with van der Waals surface area (Å²) in [4.78, 5) is 14.1. The second-order valence-electron chi connectivity index (χ2n) is 7.11. The second-order valence-corrected chi connectivity index (χ2v) is 7.11. The number of aliphatic hydroxyl groups is 1. The number of carbonyl (C=O) groups is 1. The van der Waals surface area contributed by atoms with Crippen LogP contribution in [0.5, 0.6) is 0 Å². The summed E-state index contributed by atoms with van der Waals surface area (Å²) in [6.07, 6.45) is 4.75. The number of rotatable bonds is 5. The molecule has 24 heavy (non-hydrogen) atoms. The summed E-state index contributed by atoms with van der Waals surface area (Å²) in [6.45, 7) is 5.32. The number of para-hydroxylation sites is 1. The number of aliphatic hydroxyl groups excluding tert-OH is 1. The quantitative estimate of drug-likeness (QED) is 0.829. The fourth-order valence-corrected chi connectivity index (χ4v) is 3.30. The first-order chi connectivity index (χ1) is 11.6. The molecule has 1 aliphatic heterocycles. The number of hydrogen-bond acceptors (Lipinski definition) is 2. The molecule has 1 aliphatic rings. The van der Waals surface area contributed by atoms with Crippen molar-refractivity contribution in [2.75, 3.05) is 26.2 Å². The summed E-state index contributed by atoms with van der Waals surface area (Å²) in [5.41, 5.74) is 1.22. The number of piperidine rings is 1. The minimum Gasteiger partial charge on any atom is -0.396 e. The Morgan fingerprint density at radius 1 is 1.25 bits per heavy atom. The number of hydrogen-bond donors (Lipinski definition) is 2. The van der Waals surface area contributed by atoms with E-state index in [4.69, 9.17) is 0 Å². The molecule has 2 amide bonds. The lowest BCUT2D eigenvalue weighted by atomic mass is 9.81. The lowest BCUT2D eigenvalue weighted by molar-refractivity contribution is 0.0700. The zero-order valence-electron chi connectivity index (χ0n) is 14.4. The van der Waals surface area contributed by atoms with Crippen LogP contribution in [-0.2, 0) is 6.54 Å². The normalized spacial score (nSPS) is 17.2. The van der Waals surface area contributed by atoms with Crippen molar-refractivity contribution >= 4 is 16.9 Å². The van der Waals surface area contributed by atoms with Gasteiger partial charge in [-0.15, -0.1) is 0 Å². The predicted octanol–water partition coefficient (Wildman–Crippen LogP) is 2.84. The average molecular weight is 329 g/mol. The third-order valence-electron chi connectivity index (χ3n) is 5.17. The van der Waals surface area contributed by atoms with Gasteiger partial charge in [0.05, 0.1) is 0 Å². The second kappa shape index (κ2) is 7.26. The van der Waals surface area contributed by atoms with Crippen LogP contribution in [0.3, 0.4) is 0 Å². The Balaban J connectivity index is 1.41. The standard InChI is InChI=1S/C19H27N3O2/c1-19(15-23)8-13-22(14-9-19)18(24)20-10-4-11-21-12-7-16-5-2-3-6-17(16)21/h2-3,5-7,12,23H,4,8-11,13-15H2,1H3,(H,20,24). The van der Waals surface area contributed by atoms with Crippen molar-refractivity contribution in [3.05, 3.63) is 36.5 Å². The Labute approximate surface area is 143 Å². The number of carbonyl (C=O) groups excluding carboxylic acids is 1. The van der Waals surface area contributed by atoms with Gasteiger partial charge in [0.15, 0.2) is 0 Å². The van der Waals surface area contributed by atoms with E-state index in [1.54, 1.807) is 0 Å². The molecule has 2 N–H and O–H groups in total. The molecule has 0 atom stereocenters. The molecular weight excluding hydrogens is 302 g/mol. The van der Waals surface area contributed by atoms with Gasteiger partial charge in [0, 0.05) is 44.5 Å². The molecular formula is C19H27N3O2. The van der Waals surface area contributed by atoms with Crippen LogP contribution < -0.4 is 5.32 Å². The van der Waals surface area contributed by atoms with Gasteiger partial charge in [-0.2, -0.15) is 0 Å². The van der Waals surface area contributed by atoms with Gasteiger partial charge >= 0.3 is 6.03 Å². The Morgan fingerprint density at radius 2 is 2.00 bits per heavy atom. The lowest BCUT2D eigenvalue weighted by Crippen LogP contribution is -2.47. The SMILES string of the molecule is CC1(CO)CCN(C(=O)NCCCn2ccc3ccccc32)CC1. The summed E-state index contributed by atoms with van der Waals surface area (Å²) < 4.78 is 2.23. The van der Waals surface area contributed by atoms with E-state index < -0.39 is 0 Å². The van der Waals surface area contributed by atoms with Crippen molar-refractivity contribution in [2.24, 2.45) is 5.41 Å². The van der Waals surface area contributed by atoms with Crippen LogP contribution in [0, 0.1) is 5.41 Å². The molecule has 1 aromatic heterocycles. The lowest BCUT2D eigenvalue weighted by Gasteiger charge is -2.38. The molecule has 0 saturated carbocycles.